The lowest BCUT2D eigenvalue weighted by molar-refractivity contribution is -0.157. The Morgan fingerprint density at radius 3 is 2.24 bits per heavy atom. The van der Waals surface area contributed by atoms with E-state index in [1.165, 1.54) is 19.9 Å². The van der Waals surface area contributed by atoms with Gasteiger partial charge >= 0.3 is 0 Å². The molecule has 1 fully saturated rings. The van der Waals surface area contributed by atoms with Gasteiger partial charge in [0.05, 0.1) is 0 Å². The Balaban J connectivity index is 3.20. The van der Waals surface area contributed by atoms with Crippen molar-refractivity contribution in [1.82, 2.24) is 9.80 Å². The first-order chi connectivity index (χ1) is 7.90. The molecule has 1 rings (SSSR count). The SMILES string of the molecule is CC/C=C1\C(=O)N(C(C)=O)CC(=O)N1C(C)=O. The van der Waals surface area contributed by atoms with E-state index in [9.17, 15) is 19.2 Å². The Bertz CT molecular complexity index is 425. The van der Waals surface area contributed by atoms with Crippen LogP contribution < -0.4 is 0 Å². The monoisotopic (exact) mass is 238 g/mol. The molecule has 92 valence electrons. The fourth-order valence-corrected chi connectivity index (χ4v) is 1.62. The molecule has 0 atom stereocenters. The molecule has 0 aromatic heterocycles. The van der Waals surface area contributed by atoms with Crippen molar-refractivity contribution in [2.24, 2.45) is 0 Å². The van der Waals surface area contributed by atoms with E-state index in [1.807, 2.05) is 0 Å². The van der Waals surface area contributed by atoms with Crippen LogP contribution in [0, 0.1) is 0 Å². The first-order valence-electron chi connectivity index (χ1n) is 5.26. The van der Waals surface area contributed by atoms with E-state index < -0.39 is 23.6 Å². The third kappa shape index (κ3) is 2.41. The molecule has 1 heterocycles. The maximum Gasteiger partial charge on any atom is 0.277 e. The number of carbonyl (C=O) groups is 4. The van der Waals surface area contributed by atoms with Gasteiger partial charge in [-0.15, -0.1) is 0 Å². The number of piperazine rings is 1. The van der Waals surface area contributed by atoms with Crippen molar-refractivity contribution in [3.63, 3.8) is 0 Å². The molecule has 0 aromatic rings. The minimum Gasteiger partial charge on any atom is -0.275 e. The minimum atomic E-state index is -0.603. The van der Waals surface area contributed by atoms with Gasteiger partial charge in [0.1, 0.15) is 12.2 Å². The van der Waals surface area contributed by atoms with E-state index in [0.717, 1.165) is 9.80 Å². The Hall–Kier alpha value is -1.98. The maximum absolute atomic E-state index is 11.9. The lowest BCUT2D eigenvalue weighted by Crippen LogP contribution is -2.54. The molecule has 0 bridgehead atoms. The molecule has 0 N–H and O–H groups in total. The molecule has 17 heavy (non-hydrogen) atoms. The highest BCUT2D eigenvalue weighted by molar-refractivity contribution is 6.15. The first kappa shape index (κ1) is 13.1. The minimum absolute atomic E-state index is 0.0357. The number of nitrogens with zero attached hydrogens (tertiary/aromatic N) is 2. The molecule has 0 spiro atoms. The smallest absolute Gasteiger partial charge is 0.275 e. The van der Waals surface area contributed by atoms with Gasteiger partial charge in [0.15, 0.2) is 0 Å². The maximum atomic E-state index is 11.9. The normalized spacial score (nSPS) is 18.9. The second-order valence-corrected chi connectivity index (χ2v) is 3.66. The zero-order valence-electron chi connectivity index (χ0n) is 10.0. The van der Waals surface area contributed by atoms with Gasteiger partial charge in [0, 0.05) is 13.8 Å². The molecular weight excluding hydrogens is 224 g/mol. The predicted molar refractivity (Wildman–Crippen MR) is 58.3 cm³/mol. The Labute approximate surface area is 98.9 Å². The van der Waals surface area contributed by atoms with Crippen molar-refractivity contribution in [3.8, 4) is 0 Å². The largest absolute Gasteiger partial charge is 0.277 e. The highest BCUT2D eigenvalue weighted by Gasteiger charge is 2.38. The van der Waals surface area contributed by atoms with Gasteiger partial charge in [-0.05, 0) is 6.42 Å². The number of imide groups is 2. The summed E-state index contributed by atoms with van der Waals surface area (Å²) in [5.41, 5.74) is -0.0357. The summed E-state index contributed by atoms with van der Waals surface area (Å²) in [4.78, 5) is 47.8. The van der Waals surface area contributed by atoms with Crippen LogP contribution in [0.4, 0.5) is 0 Å². The van der Waals surface area contributed by atoms with Crippen LogP contribution in [0.5, 0.6) is 0 Å². The summed E-state index contributed by atoms with van der Waals surface area (Å²) < 4.78 is 0. The number of hydrogen-bond donors (Lipinski definition) is 0. The fraction of sp³-hybridized carbons (Fsp3) is 0.455. The van der Waals surface area contributed by atoms with Gasteiger partial charge in [-0.3, -0.25) is 24.1 Å². The summed E-state index contributed by atoms with van der Waals surface area (Å²) in [5, 5.41) is 0. The number of rotatable bonds is 1. The van der Waals surface area contributed by atoms with E-state index in [-0.39, 0.29) is 12.2 Å². The Morgan fingerprint density at radius 2 is 1.82 bits per heavy atom. The van der Waals surface area contributed by atoms with Crippen molar-refractivity contribution < 1.29 is 19.2 Å². The van der Waals surface area contributed by atoms with Crippen LogP contribution in [0.2, 0.25) is 0 Å². The van der Waals surface area contributed by atoms with Crippen LogP contribution in [0.1, 0.15) is 27.2 Å². The van der Waals surface area contributed by atoms with Gasteiger partial charge in [0.25, 0.3) is 11.8 Å². The summed E-state index contributed by atoms with van der Waals surface area (Å²) in [6, 6.07) is 0. The van der Waals surface area contributed by atoms with Crippen LogP contribution in [0.3, 0.4) is 0 Å². The Kier molecular flexibility index (Phi) is 3.77. The topological polar surface area (TPSA) is 74.8 Å². The van der Waals surface area contributed by atoms with Gasteiger partial charge < -0.3 is 0 Å². The number of carbonyl (C=O) groups excluding carboxylic acids is 4. The molecule has 0 radical (unpaired) electrons. The van der Waals surface area contributed by atoms with Crippen LogP contribution in [0.25, 0.3) is 0 Å². The third-order valence-electron chi connectivity index (χ3n) is 2.34. The van der Waals surface area contributed by atoms with E-state index in [1.54, 1.807) is 6.92 Å². The van der Waals surface area contributed by atoms with E-state index in [2.05, 4.69) is 0 Å². The molecular formula is C11H14N2O4. The summed E-state index contributed by atoms with van der Waals surface area (Å²) in [6.07, 6.45) is 1.96. The lowest BCUT2D eigenvalue weighted by Gasteiger charge is -2.32. The van der Waals surface area contributed by atoms with Crippen LogP contribution in [-0.2, 0) is 19.2 Å². The van der Waals surface area contributed by atoms with E-state index in [4.69, 9.17) is 0 Å². The number of hydrogen-bond acceptors (Lipinski definition) is 4. The summed E-state index contributed by atoms with van der Waals surface area (Å²) in [6.45, 7) is 3.81. The van der Waals surface area contributed by atoms with Crippen LogP contribution in [-0.4, -0.2) is 40.0 Å². The molecule has 6 heteroatoms. The first-order valence-corrected chi connectivity index (χ1v) is 5.26. The molecule has 0 aliphatic carbocycles. The second kappa shape index (κ2) is 4.90. The summed E-state index contributed by atoms with van der Waals surface area (Å²) in [5.74, 6) is -2.19. The van der Waals surface area contributed by atoms with Gasteiger partial charge in [-0.1, -0.05) is 13.0 Å². The predicted octanol–water partition coefficient (Wildman–Crippen LogP) is 0.0441. The molecule has 0 unspecified atom stereocenters. The summed E-state index contributed by atoms with van der Waals surface area (Å²) >= 11 is 0. The van der Waals surface area contributed by atoms with Crippen molar-refractivity contribution in [1.29, 1.82) is 0 Å². The van der Waals surface area contributed by atoms with Crippen molar-refractivity contribution in [2.75, 3.05) is 6.54 Å². The van der Waals surface area contributed by atoms with Crippen LogP contribution >= 0.6 is 0 Å². The van der Waals surface area contributed by atoms with Crippen LogP contribution in [0.15, 0.2) is 11.8 Å². The van der Waals surface area contributed by atoms with E-state index in [0.29, 0.717) is 6.42 Å². The third-order valence-corrected chi connectivity index (χ3v) is 2.34. The average molecular weight is 238 g/mol. The average Bonchev–Trinajstić information content (AvgIpc) is 2.22. The molecule has 1 aliphatic heterocycles. The number of amides is 4. The zero-order valence-corrected chi connectivity index (χ0v) is 10.0. The molecule has 0 saturated carbocycles. The van der Waals surface area contributed by atoms with Crippen molar-refractivity contribution in [2.45, 2.75) is 27.2 Å². The van der Waals surface area contributed by atoms with E-state index >= 15 is 0 Å². The Morgan fingerprint density at radius 1 is 1.24 bits per heavy atom. The standard InChI is InChI=1S/C11H14N2O4/c1-4-5-9-11(17)12(7(2)14)6-10(16)13(9)8(3)15/h5H,4,6H2,1-3H3/b9-5+. The highest BCUT2D eigenvalue weighted by Crippen LogP contribution is 2.17. The van der Waals surface area contributed by atoms with Gasteiger partial charge in [0.2, 0.25) is 11.8 Å². The molecule has 1 saturated heterocycles. The zero-order chi connectivity index (χ0) is 13.2. The van der Waals surface area contributed by atoms with Gasteiger partial charge in [-0.2, -0.15) is 0 Å². The van der Waals surface area contributed by atoms with Gasteiger partial charge in [-0.25, -0.2) is 4.90 Å². The molecule has 4 amide bonds. The molecule has 6 nitrogen and oxygen atoms in total. The molecule has 0 aromatic carbocycles. The highest BCUT2D eigenvalue weighted by atomic mass is 16.2. The second-order valence-electron chi connectivity index (χ2n) is 3.66. The quantitative estimate of drug-likeness (QED) is 0.605. The number of allylic oxidation sites excluding steroid dienone is 1. The molecule has 1 aliphatic rings. The lowest BCUT2D eigenvalue weighted by atomic mass is 10.2. The summed E-state index contributed by atoms with van der Waals surface area (Å²) in [7, 11) is 0. The fourth-order valence-electron chi connectivity index (χ4n) is 1.62. The van der Waals surface area contributed by atoms with Crippen molar-refractivity contribution >= 4 is 23.6 Å². The van der Waals surface area contributed by atoms with Crippen molar-refractivity contribution in [3.05, 3.63) is 11.8 Å².